The van der Waals surface area contributed by atoms with E-state index in [2.05, 4.69) is 21.2 Å². The summed E-state index contributed by atoms with van der Waals surface area (Å²) < 4.78 is 0.733. The summed E-state index contributed by atoms with van der Waals surface area (Å²) in [5.74, 6) is -0.0809. The van der Waals surface area contributed by atoms with E-state index in [4.69, 9.17) is 11.6 Å². The second kappa shape index (κ2) is 5.79. The van der Waals surface area contributed by atoms with E-state index in [1.54, 1.807) is 24.3 Å². The van der Waals surface area contributed by atoms with E-state index in [-0.39, 0.29) is 5.91 Å². The molecule has 0 saturated carbocycles. The van der Waals surface area contributed by atoms with Crippen molar-refractivity contribution < 1.29 is 9.90 Å². The molecule has 21 heavy (non-hydrogen) atoms. The van der Waals surface area contributed by atoms with Gasteiger partial charge in [0.25, 0.3) is 5.91 Å². The van der Waals surface area contributed by atoms with Crippen LogP contribution in [0, 0.1) is 0 Å². The molecule has 0 saturated heterocycles. The number of aliphatic hydroxyl groups excluding tert-OH is 1. The van der Waals surface area contributed by atoms with E-state index in [0.717, 1.165) is 22.0 Å². The SMILES string of the molecule is O=C1NCCc2ccc(C(O)c3ccc(Cl)c(Br)c3)cc21. The number of rotatable bonds is 2. The van der Waals surface area contributed by atoms with Crippen molar-refractivity contribution in [1.82, 2.24) is 5.32 Å². The van der Waals surface area contributed by atoms with Gasteiger partial charge in [0.2, 0.25) is 0 Å². The van der Waals surface area contributed by atoms with Crippen molar-refractivity contribution in [2.75, 3.05) is 6.54 Å². The van der Waals surface area contributed by atoms with Crippen LogP contribution in [0.3, 0.4) is 0 Å². The van der Waals surface area contributed by atoms with Crippen LogP contribution in [0.5, 0.6) is 0 Å². The largest absolute Gasteiger partial charge is 0.384 e. The first-order valence-electron chi connectivity index (χ1n) is 6.60. The Kier molecular flexibility index (Phi) is 4.02. The fourth-order valence-corrected chi connectivity index (χ4v) is 2.99. The zero-order chi connectivity index (χ0) is 15.0. The molecule has 5 heteroatoms. The standard InChI is InChI=1S/C16H13BrClNO2/c17-13-8-11(3-4-14(13)18)15(20)10-2-1-9-5-6-19-16(21)12(9)7-10/h1-4,7-8,15,20H,5-6H2,(H,19,21). The topological polar surface area (TPSA) is 49.3 Å². The highest BCUT2D eigenvalue weighted by Crippen LogP contribution is 2.30. The molecule has 0 fully saturated rings. The van der Waals surface area contributed by atoms with Crippen molar-refractivity contribution in [2.45, 2.75) is 12.5 Å². The summed E-state index contributed by atoms with van der Waals surface area (Å²) in [6, 6.07) is 10.8. The highest BCUT2D eigenvalue weighted by atomic mass is 79.9. The van der Waals surface area contributed by atoms with Gasteiger partial charge in [-0.2, -0.15) is 0 Å². The Morgan fingerprint density at radius 1 is 1.19 bits per heavy atom. The lowest BCUT2D eigenvalue weighted by atomic mass is 9.94. The predicted molar refractivity (Wildman–Crippen MR) is 85.7 cm³/mol. The van der Waals surface area contributed by atoms with Gasteiger partial charge in [0.1, 0.15) is 6.10 Å². The van der Waals surface area contributed by atoms with E-state index in [0.29, 0.717) is 22.7 Å². The van der Waals surface area contributed by atoms with Crippen LogP contribution in [-0.4, -0.2) is 17.6 Å². The van der Waals surface area contributed by atoms with Gasteiger partial charge in [0.05, 0.1) is 5.02 Å². The third kappa shape index (κ3) is 2.84. The van der Waals surface area contributed by atoms with E-state index < -0.39 is 6.10 Å². The Morgan fingerprint density at radius 3 is 2.67 bits per heavy atom. The molecule has 3 rings (SSSR count). The van der Waals surface area contributed by atoms with Crippen molar-refractivity contribution in [3.05, 3.63) is 68.1 Å². The Balaban J connectivity index is 1.98. The van der Waals surface area contributed by atoms with Gasteiger partial charge in [-0.25, -0.2) is 0 Å². The molecule has 1 unspecified atom stereocenters. The van der Waals surface area contributed by atoms with Crippen LogP contribution in [0.25, 0.3) is 0 Å². The minimum absolute atomic E-state index is 0.0809. The molecule has 0 aromatic heterocycles. The normalized spacial score (nSPS) is 15.3. The predicted octanol–water partition coefficient (Wildman–Crippen LogP) is 3.47. The van der Waals surface area contributed by atoms with Crippen LogP contribution in [0.15, 0.2) is 40.9 Å². The molecule has 1 aliphatic rings. The zero-order valence-electron chi connectivity index (χ0n) is 11.1. The summed E-state index contributed by atoms with van der Waals surface area (Å²) in [5.41, 5.74) is 3.08. The van der Waals surface area contributed by atoms with Gasteiger partial charge in [0.15, 0.2) is 0 Å². The third-order valence-electron chi connectivity index (χ3n) is 3.63. The second-order valence-corrected chi connectivity index (χ2v) is 6.26. The fraction of sp³-hybridized carbons (Fsp3) is 0.188. The van der Waals surface area contributed by atoms with Gasteiger partial charge >= 0.3 is 0 Å². The van der Waals surface area contributed by atoms with Crippen molar-refractivity contribution in [2.24, 2.45) is 0 Å². The summed E-state index contributed by atoms with van der Waals surface area (Å²) >= 11 is 9.31. The molecule has 0 spiro atoms. The van der Waals surface area contributed by atoms with Crippen molar-refractivity contribution >= 4 is 33.4 Å². The number of fused-ring (bicyclic) bond motifs is 1. The average Bonchev–Trinajstić information content (AvgIpc) is 2.49. The summed E-state index contributed by atoms with van der Waals surface area (Å²) in [4.78, 5) is 11.9. The maximum absolute atomic E-state index is 11.9. The Morgan fingerprint density at radius 2 is 1.90 bits per heavy atom. The van der Waals surface area contributed by atoms with Gasteiger partial charge in [-0.05, 0) is 57.2 Å². The zero-order valence-corrected chi connectivity index (χ0v) is 13.4. The van der Waals surface area contributed by atoms with Gasteiger partial charge in [-0.15, -0.1) is 0 Å². The summed E-state index contributed by atoms with van der Waals surface area (Å²) in [7, 11) is 0. The summed E-state index contributed by atoms with van der Waals surface area (Å²) in [5, 5.41) is 13.9. The molecule has 2 N–H and O–H groups in total. The van der Waals surface area contributed by atoms with Crippen molar-refractivity contribution in [3.63, 3.8) is 0 Å². The highest BCUT2D eigenvalue weighted by Gasteiger charge is 2.19. The Hall–Kier alpha value is -1.36. The first kappa shape index (κ1) is 14.6. The minimum Gasteiger partial charge on any atom is -0.384 e. The third-order valence-corrected chi connectivity index (χ3v) is 4.85. The smallest absolute Gasteiger partial charge is 0.251 e. The van der Waals surface area contributed by atoms with Gasteiger partial charge < -0.3 is 10.4 Å². The van der Waals surface area contributed by atoms with Gasteiger partial charge in [-0.1, -0.05) is 29.8 Å². The number of hydrogen-bond donors (Lipinski definition) is 2. The van der Waals surface area contributed by atoms with Crippen LogP contribution in [0.1, 0.15) is 33.2 Å². The number of carbonyl (C=O) groups excluding carboxylic acids is 1. The molecule has 3 nitrogen and oxygen atoms in total. The number of amides is 1. The lowest BCUT2D eigenvalue weighted by Gasteiger charge is -2.19. The van der Waals surface area contributed by atoms with E-state index in [9.17, 15) is 9.90 Å². The van der Waals surface area contributed by atoms with Crippen molar-refractivity contribution in [3.8, 4) is 0 Å². The van der Waals surface area contributed by atoms with Crippen LogP contribution >= 0.6 is 27.5 Å². The highest BCUT2D eigenvalue weighted by molar-refractivity contribution is 9.10. The first-order valence-corrected chi connectivity index (χ1v) is 7.77. The molecule has 0 aliphatic carbocycles. The number of hydrogen-bond acceptors (Lipinski definition) is 2. The van der Waals surface area contributed by atoms with Crippen molar-refractivity contribution in [1.29, 1.82) is 0 Å². The molecule has 1 aliphatic heterocycles. The second-order valence-electron chi connectivity index (χ2n) is 5.00. The van der Waals surface area contributed by atoms with Crippen LogP contribution < -0.4 is 5.32 Å². The summed E-state index contributed by atoms with van der Waals surface area (Å²) in [6.45, 7) is 0.665. The molecule has 1 atom stereocenters. The molecule has 0 radical (unpaired) electrons. The lowest BCUT2D eigenvalue weighted by Crippen LogP contribution is -2.31. The van der Waals surface area contributed by atoms with Gasteiger partial charge in [0, 0.05) is 16.6 Å². The van der Waals surface area contributed by atoms with Crippen LogP contribution in [0.4, 0.5) is 0 Å². The number of nitrogens with one attached hydrogen (secondary N) is 1. The molecule has 108 valence electrons. The Labute approximate surface area is 136 Å². The van der Waals surface area contributed by atoms with Gasteiger partial charge in [-0.3, -0.25) is 4.79 Å². The number of aliphatic hydroxyl groups is 1. The van der Waals surface area contributed by atoms with E-state index in [1.807, 2.05) is 12.1 Å². The summed E-state index contributed by atoms with van der Waals surface area (Å²) in [6.07, 6.45) is 0.0304. The molecule has 2 aromatic carbocycles. The molecule has 2 aromatic rings. The first-order chi connectivity index (χ1) is 10.1. The molecular weight excluding hydrogens is 354 g/mol. The lowest BCUT2D eigenvalue weighted by molar-refractivity contribution is 0.0945. The minimum atomic E-state index is -0.793. The number of benzene rings is 2. The molecular formula is C16H13BrClNO2. The monoisotopic (exact) mass is 365 g/mol. The fourth-order valence-electron chi connectivity index (χ4n) is 2.47. The number of carbonyl (C=O) groups is 1. The van der Waals surface area contributed by atoms with Crippen LogP contribution in [0.2, 0.25) is 5.02 Å². The maximum Gasteiger partial charge on any atom is 0.251 e. The molecule has 1 heterocycles. The van der Waals surface area contributed by atoms with E-state index in [1.165, 1.54) is 0 Å². The Bertz CT molecular complexity index is 717. The molecule has 1 amide bonds. The van der Waals surface area contributed by atoms with E-state index >= 15 is 0 Å². The quantitative estimate of drug-likeness (QED) is 0.855. The van der Waals surface area contributed by atoms with Crippen LogP contribution in [-0.2, 0) is 6.42 Å². The average molecular weight is 367 g/mol. The number of halogens is 2. The molecule has 0 bridgehead atoms. The maximum atomic E-state index is 11.9.